The quantitative estimate of drug-likeness (QED) is 0.157. The van der Waals surface area contributed by atoms with Crippen molar-refractivity contribution in [1.29, 1.82) is 5.26 Å². The number of hydrogen-bond donors (Lipinski definition) is 0. The van der Waals surface area contributed by atoms with Gasteiger partial charge in [0, 0.05) is 43.8 Å². The fourth-order valence-electron chi connectivity index (χ4n) is 8.92. The molecule has 0 N–H and O–H groups in total. The van der Waals surface area contributed by atoms with Gasteiger partial charge in [0.1, 0.15) is 6.07 Å². The largest absolute Gasteiger partial charge is 0.308 e. The Hall–Kier alpha value is -8.87. The molecule has 11 aromatic rings. The summed E-state index contributed by atoms with van der Waals surface area (Å²) >= 11 is 0. The van der Waals surface area contributed by atoms with Crippen LogP contribution >= 0.6 is 0 Å². The molecule has 0 atom stereocenters. The number of benzene rings is 7. The minimum atomic E-state index is 0.487. The van der Waals surface area contributed by atoms with E-state index in [1.54, 1.807) is 0 Å². The van der Waals surface area contributed by atoms with Gasteiger partial charge < -0.3 is 4.57 Å². The Morgan fingerprint density at radius 2 is 0.906 bits per heavy atom. The molecule has 0 unspecified atom stereocenters. The zero-order chi connectivity index (χ0) is 42.6. The zero-order valence-corrected chi connectivity index (χ0v) is 34.3. The van der Waals surface area contributed by atoms with E-state index in [2.05, 4.69) is 88.0 Å². The highest BCUT2D eigenvalue weighted by atomic mass is 15.2. The smallest absolute Gasteiger partial charge is 0.238 e. The predicted molar refractivity (Wildman–Crippen MR) is 255 cm³/mol. The molecule has 0 saturated carbocycles. The van der Waals surface area contributed by atoms with Gasteiger partial charge in [-0.1, -0.05) is 146 Å². The normalized spacial score (nSPS) is 12.6. The van der Waals surface area contributed by atoms with E-state index in [-0.39, 0.29) is 0 Å². The first-order valence-electron chi connectivity index (χ1n) is 21.2. The van der Waals surface area contributed by atoms with Crippen molar-refractivity contribution < 1.29 is 0 Å². The van der Waals surface area contributed by atoms with Crippen molar-refractivity contribution in [1.82, 2.24) is 39.0 Å². The molecule has 9 nitrogen and oxygen atoms in total. The summed E-state index contributed by atoms with van der Waals surface area (Å²) in [6.07, 6.45) is 8.15. The van der Waals surface area contributed by atoms with E-state index in [1.807, 2.05) is 115 Å². The summed E-state index contributed by atoms with van der Waals surface area (Å²) < 4.78 is 4.37. The average molecular weight is 822 g/mol. The second kappa shape index (κ2) is 15.2. The molecule has 1 aliphatic carbocycles. The van der Waals surface area contributed by atoms with Gasteiger partial charge in [-0.05, 0) is 60.9 Å². The SMILES string of the molecule is N#Cc1cc(-c2nc(-c3ccccc3)nc(-c3ccccc3)n2)ccc1-n1c2ccccc2c2cc3c(cc21)c1ccccc1n3-c1nc(C2=CC=CCC2)nc(-c2ccccc2)n1. The Labute approximate surface area is 367 Å². The van der Waals surface area contributed by atoms with Crippen LogP contribution < -0.4 is 0 Å². The second-order valence-electron chi connectivity index (χ2n) is 15.8. The third-order valence-electron chi connectivity index (χ3n) is 11.9. The third kappa shape index (κ3) is 6.24. The molecule has 0 radical (unpaired) electrons. The van der Waals surface area contributed by atoms with Gasteiger partial charge in [-0.15, -0.1) is 0 Å². The van der Waals surface area contributed by atoms with Crippen LogP contribution in [0.5, 0.6) is 0 Å². The first-order chi connectivity index (χ1) is 31.7. The van der Waals surface area contributed by atoms with E-state index >= 15 is 0 Å². The zero-order valence-electron chi connectivity index (χ0n) is 34.3. The van der Waals surface area contributed by atoms with Gasteiger partial charge in [-0.3, -0.25) is 4.57 Å². The average Bonchev–Trinajstić information content (AvgIpc) is 3.88. The van der Waals surface area contributed by atoms with Crippen molar-refractivity contribution in [3.8, 4) is 63.3 Å². The summed E-state index contributed by atoms with van der Waals surface area (Å²) in [4.78, 5) is 30.2. The molecular formula is C55H35N9. The number of aromatic nitrogens is 8. The lowest BCUT2D eigenvalue weighted by Gasteiger charge is -2.13. The molecule has 4 heterocycles. The summed E-state index contributed by atoms with van der Waals surface area (Å²) in [6.45, 7) is 0. The van der Waals surface area contributed by atoms with Crippen LogP contribution in [0.15, 0.2) is 188 Å². The summed E-state index contributed by atoms with van der Waals surface area (Å²) in [6, 6.07) is 59.6. The standard InChI is InChI=1S/C55H35N9/c56-34-40-31-39(54-58-50(35-17-5-1-6-18-35)57-51(59-54)36-19-7-2-8-20-36)29-30-45(40)63-46-27-15-13-25-41(46)43-33-49-44(32-48(43)63)42-26-14-16-28-47(42)64(49)55-61-52(37-21-9-3-10-22-37)60-53(62-55)38-23-11-4-12-24-38/h1-11,13-23,25-33H,12,24H2. The summed E-state index contributed by atoms with van der Waals surface area (Å²) in [5.41, 5.74) is 9.64. The molecule has 1 aliphatic rings. The van der Waals surface area contributed by atoms with Crippen LogP contribution in [-0.4, -0.2) is 39.0 Å². The molecule has 64 heavy (non-hydrogen) atoms. The Morgan fingerprint density at radius 1 is 0.422 bits per heavy atom. The fourth-order valence-corrected chi connectivity index (χ4v) is 8.92. The summed E-state index contributed by atoms with van der Waals surface area (Å²) in [5.74, 6) is 3.46. The highest BCUT2D eigenvalue weighted by molar-refractivity contribution is 6.19. The molecular weight excluding hydrogens is 787 g/mol. The van der Waals surface area contributed by atoms with Crippen LogP contribution in [0.2, 0.25) is 0 Å². The van der Waals surface area contributed by atoms with Gasteiger partial charge in [0.2, 0.25) is 5.95 Å². The molecule has 9 heteroatoms. The third-order valence-corrected chi connectivity index (χ3v) is 11.9. The van der Waals surface area contributed by atoms with E-state index < -0.39 is 0 Å². The van der Waals surface area contributed by atoms with Crippen molar-refractivity contribution in [2.45, 2.75) is 12.8 Å². The van der Waals surface area contributed by atoms with Crippen molar-refractivity contribution >= 4 is 49.2 Å². The molecule has 0 amide bonds. The van der Waals surface area contributed by atoms with Gasteiger partial charge in [-0.2, -0.15) is 15.2 Å². The lowest BCUT2D eigenvalue weighted by Crippen LogP contribution is -2.08. The van der Waals surface area contributed by atoms with E-state index in [4.69, 9.17) is 29.9 Å². The van der Waals surface area contributed by atoms with Crippen LogP contribution in [0, 0.1) is 11.3 Å². The first-order valence-corrected chi connectivity index (χ1v) is 21.2. The van der Waals surface area contributed by atoms with Crippen LogP contribution in [0.3, 0.4) is 0 Å². The second-order valence-corrected chi connectivity index (χ2v) is 15.8. The Kier molecular flexibility index (Phi) is 8.80. The summed E-state index contributed by atoms with van der Waals surface area (Å²) in [5, 5.41) is 15.1. The molecule has 4 aromatic heterocycles. The lowest BCUT2D eigenvalue weighted by atomic mass is 10.0. The highest BCUT2D eigenvalue weighted by Gasteiger charge is 2.23. The van der Waals surface area contributed by atoms with E-state index in [1.165, 1.54) is 0 Å². The molecule has 300 valence electrons. The number of rotatable bonds is 7. The Balaban J connectivity index is 1.06. The maximum absolute atomic E-state index is 10.9. The highest BCUT2D eigenvalue weighted by Crippen LogP contribution is 2.40. The Morgan fingerprint density at radius 3 is 1.47 bits per heavy atom. The number of allylic oxidation sites excluding steroid dienone is 4. The predicted octanol–water partition coefficient (Wildman–Crippen LogP) is 12.5. The van der Waals surface area contributed by atoms with Gasteiger partial charge in [0.05, 0.1) is 33.3 Å². The molecule has 0 aliphatic heterocycles. The molecule has 0 spiro atoms. The van der Waals surface area contributed by atoms with Crippen LogP contribution in [-0.2, 0) is 0 Å². The Bertz CT molecular complexity index is 3670. The molecule has 0 saturated heterocycles. The number of fused-ring (bicyclic) bond motifs is 6. The molecule has 0 bridgehead atoms. The molecule has 12 rings (SSSR count). The minimum absolute atomic E-state index is 0.487. The molecule has 7 aromatic carbocycles. The van der Waals surface area contributed by atoms with Crippen molar-refractivity contribution in [3.63, 3.8) is 0 Å². The van der Waals surface area contributed by atoms with E-state index in [9.17, 15) is 5.26 Å². The van der Waals surface area contributed by atoms with E-state index in [0.717, 1.165) is 90.0 Å². The fraction of sp³-hybridized carbons (Fsp3) is 0.0364. The number of hydrogen-bond acceptors (Lipinski definition) is 7. The lowest BCUT2D eigenvalue weighted by molar-refractivity contribution is 0.913. The maximum Gasteiger partial charge on any atom is 0.238 e. The van der Waals surface area contributed by atoms with Crippen molar-refractivity contribution in [3.05, 3.63) is 199 Å². The summed E-state index contributed by atoms with van der Waals surface area (Å²) in [7, 11) is 0. The van der Waals surface area contributed by atoms with Crippen molar-refractivity contribution in [2.75, 3.05) is 0 Å². The monoisotopic (exact) mass is 821 g/mol. The van der Waals surface area contributed by atoms with Crippen LogP contribution in [0.4, 0.5) is 0 Å². The van der Waals surface area contributed by atoms with Gasteiger partial charge in [0.15, 0.2) is 29.1 Å². The van der Waals surface area contributed by atoms with Gasteiger partial charge in [0.25, 0.3) is 0 Å². The topological polar surface area (TPSA) is 111 Å². The number of nitrogens with zero attached hydrogens (tertiary/aromatic N) is 9. The number of nitriles is 1. The first kappa shape index (κ1) is 36.9. The van der Waals surface area contributed by atoms with Crippen LogP contribution in [0.1, 0.15) is 24.2 Å². The number of para-hydroxylation sites is 2. The van der Waals surface area contributed by atoms with Gasteiger partial charge in [-0.25, -0.2) is 19.9 Å². The van der Waals surface area contributed by atoms with Crippen molar-refractivity contribution in [2.24, 2.45) is 0 Å². The van der Waals surface area contributed by atoms with Crippen LogP contribution in [0.25, 0.3) is 106 Å². The van der Waals surface area contributed by atoms with E-state index in [0.29, 0.717) is 40.6 Å². The molecule has 0 fully saturated rings. The maximum atomic E-state index is 10.9. The van der Waals surface area contributed by atoms with Gasteiger partial charge >= 0.3 is 0 Å². The minimum Gasteiger partial charge on any atom is -0.308 e.